The highest BCUT2D eigenvalue weighted by Gasteiger charge is 2.28. The van der Waals surface area contributed by atoms with Gasteiger partial charge < -0.3 is 14.3 Å². The molecule has 36 heavy (non-hydrogen) atoms. The molecule has 0 unspecified atom stereocenters. The lowest BCUT2D eigenvalue weighted by Gasteiger charge is -2.33. The number of aromatic nitrogens is 3. The number of piperidine rings is 1. The third-order valence-electron chi connectivity index (χ3n) is 6.77. The van der Waals surface area contributed by atoms with Crippen LogP contribution in [0.3, 0.4) is 0 Å². The van der Waals surface area contributed by atoms with E-state index >= 15 is 0 Å². The van der Waals surface area contributed by atoms with Crippen molar-refractivity contribution in [3.05, 3.63) is 101 Å². The number of hydrogen-bond acceptors (Lipinski definition) is 4. The third-order valence-corrected chi connectivity index (χ3v) is 6.77. The number of nitrogens with one attached hydrogen (secondary N) is 1. The van der Waals surface area contributed by atoms with Crippen LogP contribution in [0.4, 0.5) is 4.39 Å². The number of carbonyl (C=O) groups is 1. The summed E-state index contributed by atoms with van der Waals surface area (Å²) in [5.41, 5.74) is 2.92. The minimum atomic E-state index is -0.401. The van der Waals surface area contributed by atoms with Crippen molar-refractivity contribution >= 4 is 16.9 Å². The van der Waals surface area contributed by atoms with Crippen LogP contribution in [-0.4, -0.2) is 38.4 Å². The van der Waals surface area contributed by atoms with Crippen LogP contribution in [0.1, 0.15) is 29.2 Å². The van der Waals surface area contributed by atoms with Gasteiger partial charge in [-0.25, -0.2) is 14.2 Å². The first-order valence-electron chi connectivity index (χ1n) is 11.9. The van der Waals surface area contributed by atoms with E-state index in [0.717, 1.165) is 11.0 Å². The molecule has 3 heterocycles. The molecule has 1 fully saturated rings. The van der Waals surface area contributed by atoms with Crippen molar-refractivity contribution in [3.8, 4) is 22.8 Å². The number of carbonyl (C=O) groups excluding carboxylic acids is 1. The first kappa shape index (κ1) is 22.0. The number of nitrogens with zero attached hydrogens (tertiary/aromatic N) is 3. The zero-order chi connectivity index (χ0) is 24.6. The number of para-hydroxylation sites is 2. The first-order chi connectivity index (χ1) is 17.6. The Hall–Kier alpha value is -4.46. The summed E-state index contributed by atoms with van der Waals surface area (Å²) in [6.45, 7) is 1.05. The van der Waals surface area contributed by atoms with Gasteiger partial charge in [0.2, 0.25) is 5.89 Å². The van der Waals surface area contributed by atoms with E-state index in [0.29, 0.717) is 48.4 Å². The molecule has 0 atom stereocenters. The van der Waals surface area contributed by atoms with Crippen LogP contribution in [0.15, 0.2) is 88.2 Å². The summed E-state index contributed by atoms with van der Waals surface area (Å²) in [4.78, 5) is 35.2. The highest BCUT2D eigenvalue weighted by Crippen LogP contribution is 2.31. The van der Waals surface area contributed by atoms with Gasteiger partial charge in [0.05, 0.1) is 28.4 Å². The van der Waals surface area contributed by atoms with Gasteiger partial charge in [0.15, 0.2) is 5.76 Å². The molecule has 5 aromatic rings. The molecule has 1 aliphatic heterocycles. The number of H-pyrrole nitrogens is 1. The number of rotatable bonds is 4. The van der Waals surface area contributed by atoms with E-state index in [1.807, 2.05) is 34.9 Å². The zero-order valence-electron chi connectivity index (χ0n) is 19.4. The summed E-state index contributed by atoms with van der Waals surface area (Å²) in [7, 11) is 0. The molecular formula is C28H23FN4O3. The largest absolute Gasteiger partial charge is 0.436 e. The zero-order valence-corrected chi connectivity index (χ0v) is 19.4. The van der Waals surface area contributed by atoms with Gasteiger partial charge in [-0.05, 0) is 49.2 Å². The average Bonchev–Trinajstić information content (AvgIpc) is 3.53. The second-order valence-corrected chi connectivity index (χ2v) is 8.90. The van der Waals surface area contributed by atoms with Crippen molar-refractivity contribution in [2.75, 3.05) is 13.1 Å². The molecule has 2 aromatic heterocycles. The summed E-state index contributed by atoms with van der Waals surface area (Å²) in [6, 6.07) is 21.1. The summed E-state index contributed by atoms with van der Waals surface area (Å²) < 4.78 is 21.9. The Balaban J connectivity index is 1.23. The lowest BCUT2D eigenvalue weighted by Crippen LogP contribution is -2.40. The van der Waals surface area contributed by atoms with Gasteiger partial charge in [0.25, 0.3) is 5.91 Å². The molecule has 7 nitrogen and oxygen atoms in total. The van der Waals surface area contributed by atoms with Crippen LogP contribution in [0, 0.1) is 5.82 Å². The maximum absolute atomic E-state index is 14.2. The Kier molecular flexibility index (Phi) is 5.48. The highest BCUT2D eigenvalue weighted by atomic mass is 19.1. The summed E-state index contributed by atoms with van der Waals surface area (Å²) in [6.07, 6.45) is 2.82. The Morgan fingerprint density at radius 3 is 2.44 bits per heavy atom. The summed E-state index contributed by atoms with van der Waals surface area (Å²) in [5, 5.41) is 0. The number of aromatic amines is 1. The average molecular weight is 483 g/mol. The molecule has 0 spiro atoms. The summed E-state index contributed by atoms with van der Waals surface area (Å²) in [5.74, 6) is 0.0375. The van der Waals surface area contributed by atoms with Gasteiger partial charge in [0, 0.05) is 24.7 Å². The fourth-order valence-corrected chi connectivity index (χ4v) is 4.97. The minimum Gasteiger partial charge on any atom is -0.436 e. The van der Waals surface area contributed by atoms with Crippen molar-refractivity contribution in [2.24, 2.45) is 0 Å². The van der Waals surface area contributed by atoms with Crippen LogP contribution in [0.25, 0.3) is 33.8 Å². The number of benzene rings is 3. The minimum absolute atomic E-state index is 0.0167. The molecule has 0 aliphatic carbocycles. The monoisotopic (exact) mass is 482 g/mol. The Bertz CT molecular complexity index is 1630. The second kappa shape index (κ2) is 8.96. The van der Waals surface area contributed by atoms with Crippen LogP contribution >= 0.6 is 0 Å². The lowest BCUT2D eigenvalue weighted by atomic mass is 10.0. The van der Waals surface area contributed by atoms with Crippen molar-refractivity contribution in [2.45, 2.75) is 18.9 Å². The summed E-state index contributed by atoms with van der Waals surface area (Å²) >= 11 is 0. The van der Waals surface area contributed by atoms with E-state index in [-0.39, 0.29) is 23.5 Å². The normalized spacial score (nSPS) is 14.4. The lowest BCUT2D eigenvalue weighted by molar-refractivity contribution is 0.0695. The van der Waals surface area contributed by atoms with Crippen LogP contribution in [-0.2, 0) is 0 Å². The highest BCUT2D eigenvalue weighted by molar-refractivity contribution is 6.00. The molecule has 0 saturated carbocycles. The molecule has 1 N–H and O–H groups in total. The van der Waals surface area contributed by atoms with Gasteiger partial charge in [0.1, 0.15) is 5.82 Å². The quantitative estimate of drug-likeness (QED) is 0.378. The predicted molar refractivity (Wildman–Crippen MR) is 134 cm³/mol. The fourth-order valence-electron chi connectivity index (χ4n) is 4.97. The molecule has 1 amide bonds. The molecule has 6 rings (SSSR count). The maximum atomic E-state index is 14.2. The van der Waals surface area contributed by atoms with Crippen LogP contribution in [0.2, 0.25) is 0 Å². The van der Waals surface area contributed by atoms with E-state index in [9.17, 15) is 14.0 Å². The van der Waals surface area contributed by atoms with Crippen LogP contribution in [0.5, 0.6) is 0 Å². The Morgan fingerprint density at radius 2 is 1.64 bits per heavy atom. The van der Waals surface area contributed by atoms with Gasteiger partial charge in [-0.15, -0.1) is 0 Å². The number of hydrogen-bond donors (Lipinski definition) is 1. The molecule has 1 aliphatic rings. The van der Waals surface area contributed by atoms with Gasteiger partial charge >= 0.3 is 5.69 Å². The smallest absolute Gasteiger partial charge is 0.326 e. The second-order valence-electron chi connectivity index (χ2n) is 8.90. The van der Waals surface area contributed by atoms with E-state index in [2.05, 4.69) is 9.97 Å². The standard InChI is InChI=1S/C28H23FN4O3/c29-22-10-4-3-9-21(22)25-17-30-26(36-25)19-7-1-2-8-20(19)27(34)32-15-13-18(14-16-32)33-24-12-6-5-11-23(24)31-28(33)35/h1-12,17-18H,13-16H2,(H,31,35). The van der Waals surface area contributed by atoms with Gasteiger partial charge in [-0.3, -0.25) is 9.36 Å². The number of likely N-dealkylation sites (tertiary alicyclic amines) is 1. The van der Waals surface area contributed by atoms with E-state index in [4.69, 9.17) is 4.42 Å². The fraction of sp³-hybridized carbons (Fsp3) is 0.179. The van der Waals surface area contributed by atoms with E-state index < -0.39 is 5.82 Å². The van der Waals surface area contributed by atoms with Gasteiger partial charge in [-0.1, -0.05) is 36.4 Å². The Labute approximate surface area is 205 Å². The molecule has 3 aromatic carbocycles. The molecule has 8 heteroatoms. The number of fused-ring (bicyclic) bond motifs is 1. The molecule has 180 valence electrons. The third kappa shape index (κ3) is 3.80. The first-order valence-corrected chi connectivity index (χ1v) is 11.9. The van der Waals surface area contributed by atoms with Crippen molar-refractivity contribution in [1.29, 1.82) is 0 Å². The molecule has 0 bridgehead atoms. The number of halogens is 1. The van der Waals surface area contributed by atoms with Crippen molar-refractivity contribution in [1.82, 2.24) is 19.4 Å². The van der Waals surface area contributed by atoms with Crippen LogP contribution < -0.4 is 5.69 Å². The van der Waals surface area contributed by atoms with E-state index in [1.54, 1.807) is 41.3 Å². The van der Waals surface area contributed by atoms with Gasteiger partial charge in [-0.2, -0.15) is 0 Å². The molecular weight excluding hydrogens is 459 g/mol. The SMILES string of the molecule is O=C(c1ccccc1-c1ncc(-c2ccccc2F)o1)N1CCC(n2c(=O)[nH]c3ccccc32)CC1. The maximum Gasteiger partial charge on any atom is 0.326 e. The van der Waals surface area contributed by atoms with Crippen molar-refractivity contribution < 1.29 is 13.6 Å². The molecule has 1 saturated heterocycles. The number of imidazole rings is 1. The van der Waals surface area contributed by atoms with Crippen molar-refractivity contribution in [3.63, 3.8) is 0 Å². The topological polar surface area (TPSA) is 84.1 Å². The Morgan fingerprint density at radius 1 is 0.944 bits per heavy atom. The number of oxazole rings is 1. The van der Waals surface area contributed by atoms with E-state index in [1.165, 1.54) is 12.3 Å². The molecule has 0 radical (unpaired) electrons. The predicted octanol–water partition coefficient (Wildman–Crippen LogP) is 5.27. The number of amides is 1.